The van der Waals surface area contributed by atoms with Gasteiger partial charge in [-0.05, 0) is 19.1 Å². The molecule has 1 fully saturated rings. The third kappa shape index (κ3) is 2.58. The highest BCUT2D eigenvalue weighted by atomic mass is 32.2. The molecule has 24 heavy (non-hydrogen) atoms. The van der Waals surface area contributed by atoms with Gasteiger partial charge in [-0.1, -0.05) is 5.16 Å². The number of β-amino-alcohol motifs (C(OH)–C–C–N with tert-alkyl or cyclic N) is 1. The van der Waals surface area contributed by atoms with E-state index in [1.54, 1.807) is 0 Å². The van der Waals surface area contributed by atoms with Crippen LogP contribution in [-0.2, 0) is 15.6 Å². The van der Waals surface area contributed by atoms with E-state index < -0.39 is 44.5 Å². The maximum absolute atomic E-state index is 13.8. The Balaban J connectivity index is 1.94. The molecule has 2 aromatic rings. The van der Waals surface area contributed by atoms with Gasteiger partial charge < -0.3 is 9.63 Å². The fourth-order valence-corrected chi connectivity index (χ4v) is 4.02. The van der Waals surface area contributed by atoms with Crippen LogP contribution < -0.4 is 0 Å². The molecule has 130 valence electrons. The maximum atomic E-state index is 13.8. The van der Waals surface area contributed by atoms with Crippen molar-refractivity contribution in [2.45, 2.75) is 23.8 Å². The van der Waals surface area contributed by atoms with Crippen LogP contribution in [0, 0.1) is 24.4 Å². The number of aromatic nitrogens is 2. The Morgan fingerprint density at radius 1 is 1.29 bits per heavy atom. The highest BCUT2D eigenvalue weighted by molar-refractivity contribution is 7.89. The summed E-state index contributed by atoms with van der Waals surface area (Å²) in [6.45, 7) is 0.866. The molecule has 1 aliphatic rings. The van der Waals surface area contributed by atoms with E-state index in [-0.39, 0.29) is 24.7 Å². The van der Waals surface area contributed by atoms with Gasteiger partial charge in [0, 0.05) is 13.0 Å². The molecule has 0 aliphatic carbocycles. The zero-order chi connectivity index (χ0) is 17.7. The molecule has 3 rings (SSSR count). The quantitative estimate of drug-likeness (QED) is 0.820. The number of benzene rings is 1. The molecule has 0 unspecified atom stereocenters. The Hall–Kier alpha value is -1.98. The summed E-state index contributed by atoms with van der Waals surface area (Å²) >= 11 is 0. The average Bonchev–Trinajstić information content (AvgIpc) is 3.12. The molecule has 0 radical (unpaired) electrons. The number of aryl methyl sites for hydroxylation is 1. The van der Waals surface area contributed by atoms with E-state index in [4.69, 9.17) is 4.52 Å². The molecule has 7 nitrogen and oxygen atoms in total. The minimum Gasteiger partial charge on any atom is -0.379 e. The second-order valence-electron chi connectivity index (χ2n) is 5.44. The molecule has 0 spiro atoms. The van der Waals surface area contributed by atoms with Crippen LogP contribution in [0.5, 0.6) is 0 Å². The highest BCUT2D eigenvalue weighted by Gasteiger charge is 2.47. The second kappa shape index (κ2) is 5.53. The van der Waals surface area contributed by atoms with Gasteiger partial charge in [0.15, 0.2) is 28.9 Å². The number of halogens is 3. The monoisotopic (exact) mass is 363 g/mol. The summed E-state index contributed by atoms with van der Waals surface area (Å²) in [5, 5.41) is 14.0. The van der Waals surface area contributed by atoms with Crippen molar-refractivity contribution in [2.24, 2.45) is 0 Å². The summed E-state index contributed by atoms with van der Waals surface area (Å²) in [7, 11) is -4.48. The first-order valence-corrected chi connectivity index (χ1v) is 8.26. The first-order chi connectivity index (χ1) is 11.1. The summed E-state index contributed by atoms with van der Waals surface area (Å²) in [4.78, 5) is 2.86. The van der Waals surface area contributed by atoms with Crippen LogP contribution in [0.15, 0.2) is 21.6 Å². The van der Waals surface area contributed by atoms with Gasteiger partial charge in [-0.25, -0.2) is 21.6 Å². The molecule has 1 aliphatic heterocycles. The van der Waals surface area contributed by atoms with E-state index in [9.17, 15) is 26.7 Å². The third-order valence-electron chi connectivity index (χ3n) is 3.76. The highest BCUT2D eigenvalue weighted by Crippen LogP contribution is 2.34. The molecule has 0 amide bonds. The topological polar surface area (TPSA) is 96.5 Å². The van der Waals surface area contributed by atoms with Gasteiger partial charge >= 0.3 is 0 Å². The molecule has 2 heterocycles. The smallest absolute Gasteiger partial charge is 0.260 e. The van der Waals surface area contributed by atoms with Gasteiger partial charge in [-0.2, -0.15) is 9.29 Å². The third-order valence-corrected chi connectivity index (χ3v) is 5.62. The molecule has 1 aromatic heterocycles. The summed E-state index contributed by atoms with van der Waals surface area (Å²) in [5.41, 5.74) is -1.73. The van der Waals surface area contributed by atoms with Gasteiger partial charge in [0.1, 0.15) is 4.90 Å². The fraction of sp³-hybridized carbons (Fsp3) is 0.385. The van der Waals surface area contributed by atoms with Crippen LogP contribution in [-0.4, -0.2) is 41.1 Å². The number of sulfonamides is 1. The molecule has 1 N–H and O–H groups in total. The number of rotatable bonds is 3. The first-order valence-electron chi connectivity index (χ1n) is 6.82. The van der Waals surface area contributed by atoms with Gasteiger partial charge in [0.25, 0.3) is 5.89 Å². The largest absolute Gasteiger partial charge is 0.379 e. The Bertz CT molecular complexity index is 902. The van der Waals surface area contributed by atoms with E-state index in [1.165, 1.54) is 6.92 Å². The van der Waals surface area contributed by atoms with Crippen molar-refractivity contribution >= 4 is 10.0 Å². The SMILES string of the molecule is Cc1noc([C@@]2(O)CCN(S(=O)(=O)c3ccc(F)c(F)c3F)C2)n1. The minimum atomic E-state index is -4.48. The van der Waals surface area contributed by atoms with Crippen molar-refractivity contribution in [3.63, 3.8) is 0 Å². The lowest BCUT2D eigenvalue weighted by Gasteiger charge is -2.20. The molecule has 1 aromatic carbocycles. The van der Waals surface area contributed by atoms with Gasteiger partial charge in [-0.3, -0.25) is 0 Å². The van der Waals surface area contributed by atoms with E-state index >= 15 is 0 Å². The normalized spacial score (nSPS) is 22.2. The average molecular weight is 363 g/mol. The standard InChI is InChI=1S/C13H12F3N3O4S/c1-7-17-12(23-18-7)13(20)4-5-19(6-13)24(21,22)9-3-2-8(14)10(15)11(9)16/h2-3,20H,4-6H2,1H3/t13-/m1/s1. The predicted octanol–water partition coefficient (Wildman–Crippen LogP) is 1.08. The lowest BCUT2D eigenvalue weighted by Crippen LogP contribution is -2.35. The van der Waals surface area contributed by atoms with Crippen molar-refractivity contribution in [3.05, 3.63) is 41.3 Å². The van der Waals surface area contributed by atoms with Crippen LogP contribution >= 0.6 is 0 Å². The van der Waals surface area contributed by atoms with Crippen LogP contribution in [0.1, 0.15) is 18.1 Å². The van der Waals surface area contributed by atoms with Crippen molar-refractivity contribution in [1.82, 2.24) is 14.4 Å². The van der Waals surface area contributed by atoms with E-state index in [0.717, 1.165) is 4.31 Å². The van der Waals surface area contributed by atoms with E-state index in [0.29, 0.717) is 12.1 Å². The summed E-state index contributed by atoms with van der Waals surface area (Å²) in [5.74, 6) is -5.09. The molecule has 11 heteroatoms. The predicted molar refractivity (Wildman–Crippen MR) is 72.6 cm³/mol. The van der Waals surface area contributed by atoms with Crippen molar-refractivity contribution in [3.8, 4) is 0 Å². The Morgan fingerprint density at radius 2 is 2.00 bits per heavy atom. The number of aliphatic hydroxyl groups is 1. The Labute approximate surface area is 134 Å². The maximum Gasteiger partial charge on any atom is 0.260 e. The number of nitrogens with zero attached hydrogens (tertiary/aromatic N) is 3. The minimum absolute atomic E-state index is 0.0703. The van der Waals surface area contributed by atoms with E-state index in [1.807, 2.05) is 0 Å². The van der Waals surface area contributed by atoms with Gasteiger partial charge in [-0.15, -0.1) is 0 Å². The van der Waals surface area contributed by atoms with Gasteiger partial charge in [0.05, 0.1) is 6.54 Å². The van der Waals surface area contributed by atoms with Crippen molar-refractivity contribution in [2.75, 3.05) is 13.1 Å². The molecule has 0 bridgehead atoms. The Kier molecular flexibility index (Phi) is 3.89. The summed E-state index contributed by atoms with van der Waals surface area (Å²) < 4.78 is 70.6. The summed E-state index contributed by atoms with van der Waals surface area (Å²) in [6.07, 6.45) is -0.0703. The second-order valence-corrected chi connectivity index (χ2v) is 7.35. The molecular formula is C13H12F3N3O4S. The van der Waals surface area contributed by atoms with Crippen molar-refractivity contribution < 1.29 is 31.2 Å². The molecule has 1 atom stereocenters. The first kappa shape index (κ1) is 16.9. The fourth-order valence-electron chi connectivity index (χ4n) is 2.47. The van der Waals surface area contributed by atoms with Crippen LogP contribution in [0.25, 0.3) is 0 Å². The van der Waals surface area contributed by atoms with Gasteiger partial charge in [0.2, 0.25) is 10.0 Å². The lowest BCUT2D eigenvalue weighted by atomic mass is 10.0. The zero-order valence-corrected chi connectivity index (χ0v) is 13.1. The Morgan fingerprint density at radius 3 is 2.62 bits per heavy atom. The van der Waals surface area contributed by atoms with Crippen LogP contribution in [0.4, 0.5) is 13.2 Å². The number of hydrogen-bond donors (Lipinski definition) is 1. The summed E-state index contributed by atoms with van der Waals surface area (Å²) in [6, 6.07) is 1.16. The molecule has 1 saturated heterocycles. The van der Waals surface area contributed by atoms with E-state index in [2.05, 4.69) is 10.1 Å². The zero-order valence-electron chi connectivity index (χ0n) is 12.3. The lowest BCUT2D eigenvalue weighted by molar-refractivity contribution is 0.0194. The van der Waals surface area contributed by atoms with Crippen LogP contribution in [0.3, 0.4) is 0 Å². The van der Waals surface area contributed by atoms with Crippen molar-refractivity contribution in [1.29, 1.82) is 0 Å². The molecular weight excluding hydrogens is 351 g/mol. The number of hydrogen-bond acceptors (Lipinski definition) is 6. The van der Waals surface area contributed by atoms with Crippen LogP contribution in [0.2, 0.25) is 0 Å². The molecule has 0 saturated carbocycles.